The summed E-state index contributed by atoms with van der Waals surface area (Å²) in [5.74, 6) is -0.0406. The van der Waals surface area contributed by atoms with Crippen molar-refractivity contribution in [1.82, 2.24) is 4.90 Å². The highest BCUT2D eigenvalue weighted by Gasteiger charge is 2.32. The number of thioether (sulfide) groups is 1. The average molecular weight is 385 g/mol. The first-order chi connectivity index (χ1) is 12.3. The van der Waals surface area contributed by atoms with Crippen molar-refractivity contribution in [2.45, 2.75) is 33.2 Å². The van der Waals surface area contributed by atoms with Gasteiger partial charge in [0.15, 0.2) is 0 Å². The highest BCUT2D eigenvalue weighted by molar-refractivity contribution is 8.26. The Kier molecular flexibility index (Phi) is 5.13. The van der Waals surface area contributed by atoms with E-state index >= 15 is 0 Å². The summed E-state index contributed by atoms with van der Waals surface area (Å²) in [4.78, 5) is 17.2. The fourth-order valence-electron chi connectivity index (χ4n) is 3.71. The molecule has 2 aliphatic rings. The van der Waals surface area contributed by atoms with Gasteiger partial charge >= 0.3 is 0 Å². The lowest BCUT2D eigenvalue weighted by Crippen LogP contribution is -2.44. The van der Waals surface area contributed by atoms with Crippen molar-refractivity contribution >= 4 is 51.5 Å². The summed E-state index contributed by atoms with van der Waals surface area (Å²) in [6.07, 6.45) is 5.94. The molecule has 1 aromatic carbocycles. The quantitative estimate of drug-likeness (QED) is 0.410. The van der Waals surface area contributed by atoms with Crippen molar-refractivity contribution in [3.05, 3.63) is 53.0 Å². The Balaban J connectivity index is 1.98. The molecule has 0 radical (unpaired) electrons. The molecule has 1 amide bonds. The molecule has 0 N–H and O–H groups in total. The number of hydrogen-bond acceptors (Lipinski definition) is 4. The topological polar surface area (TPSA) is 23.6 Å². The summed E-state index contributed by atoms with van der Waals surface area (Å²) in [6.45, 7) is 13.9. The Morgan fingerprint density at radius 1 is 1.35 bits per heavy atom. The summed E-state index contributed by atoms with van der Waals surface area (Å²) in [7, 11) is 0. The van der Waals surface area contributed by atoms with Crippen molar-refractivity contribution in [2.75, 3.05) is 18.0 Å². The normalized spacial score (nSPS) is 20.5. The molecule has 0 aliphatic carbocycles. The maximum absolute atomic E-state index is 12.5. The number of likely N-dealkylation sites (N-methyl/N-ethyl adjacent to an activating group) is 1. The molecule has 0 unspecified atom stereocenters. The smallest absolute Gasteiger partial charge is 0.266 e. The predicted molar refractivity (Wildman–Crippen MR) is 117 cm³/mol. The summed E-state index contributed by atoms with van der Waals surface area (Å²) in [5, 5.41) is 0. The van der Waals surface area contributed by atoms with Gasteiger partial charge in [0.25, 0.3) is 5.91 Å². The lowest BCUT2D eigenvalue weighted by Gasteiger charge is -2.42. The first-order valence-electron chi connectivity index (χ1n) is 8.76. The van der Waals surface area contributed by atoms with Gasteiger partial charge in [-0.1, -0.05) is 42.2 Å². The van der Waals surface area contributed by atoms with E-state index in [0.29, 0.717) is 15.8 Å². The maximum atomic E-state index is 12.5. The summed E-state index contributed by atoms with van der Waals surface area (Å²) in [6, 6.07) is 6.41. The SMILES string of the molecule is C=CCN1C(=O)/C(=C/c2ccc3c(c2)C(C)=CC(C)(C)N3CC)SC1=S. The van der Waals surface area contributed by atoms with E-state index in [-0.39, 0.29) is 11.4 Å². The van der Waals surface area contributed by atoms with Gasteiger partial charge in [-0.25, -0.2) is 0 Å². The van der Waals surface area contributed by atoms with Crippen LogP contribution in [0.15, 0.2) is 41.8 Å². The van der Waals surface area contributed by atoms with Crippen molar-refractivity contribution in [3.63, 3.8) is 0 Å². The van der Waals surface area contributed by atoms with Gasteiger partial charge in [-0.3, -0.25) is 9.69 Å². The van der Waals surface area contributed by atoms with Crippen molar-refractivity contribution in [3.8, 4) is 0 Å². The zero-order chi connectivity index (χ0) is 19.1. The number of amides is 1. The molecule has 0 saturated carbocycles. The maximum Gasteiger partial charge on any atom is 0.266 e. The first kappa shape index (κ1) is 18.9. The number of carbonyl (C=O) groups is 1. The minimum Gasteiger partial charge on any atom is -0.363 e. The van der Waals surface area contributed by atoms with Gasteiger partial charge in [-0.2, -0.15) is 0 Å². The van der Waals surface area contributed by atoms with Crippen LogP contribution < -0.4 is 4.90 Å². The van der Waals surface area contributed by atoms with E-state index in [4.69, 9.17) is 12.2 Å². The number of allylic oxidation sites excluding steroid dienone is 1. The number of hydrogen-bond donors (Lipinski definition) is 0. The number of anilines is 1. The average Bonchev–Trinajstić information content (AvgIpc) is 2.83. The molecule has 1 fully saturated rings. The van der Waals surface area contributed by atoms with Crippen LogP contribution in [0.2, 0.25) is 0 Å². The molecule has 26 heavy (non-hydrogen) atoms. The number of carbonyl (C=O) groups excluding carboxylic acids is 1. The molecule has 2 heterocycles. The zero-order valence-corrected chi connectivity index (χ0v) is 17.3. The van der Waals surface area contributed by atoms with Crippen molar-refractivity contribution in [2.24, 2.45) is 0 Å². The summed E-state index contributed by atoms with van der Waals surface area (Å²) in [5.41, 5.74) is 4.76. The van der Waals surface area contributed by atoms with Crippen LogP contribution in [0, 0.1) is 0 Å². The molecule has 1 saturated heterocycles. The van der Waals surface area contributed by atoms with Crippen LogP contribution in [0.4, 0.5) is 5.69 Å². The molecule has 0 spiro atoms. The van der Waals surface area contributed by atoms with Crippen LogP contribution in [-0.2, 0) is 4.79 Å². The molecule has 3 nitrogen and oxygen atoms in total. The number of fused-ring (bicyclic) bond motifs is 1. The molecule has 3 rings (SSSR count). The van der Waals surface area contributed by atoms with E-state index in [9.17, 15) is 4.79 Å². The Hall–Kier alpha value is -1.85. The highest BCUT2D eigenvalue weighted by atomic mass is 32.2. The fourth-order valence-corrected chi connectivity index (χ4v) is 4.98. The number of thiocarbonyl (C=S) groups is 1. The third kappa shape index (κ3) is 3.26. The van der Waals surface area contributed by atoms with Crippen LogP contribution in [0.1, 0.15) is 38.8 Å². The molecule has 2 aliphatic heterocycles. The largest absolute Gasteiger partial charge is 0.363 e. The van der Waals surface area contributed by atoms with Crippen LogP contribution in [-0.4, -0.2) is 33.8 Å². The second-order valence-electron chi connectivity index (χ2n) is 7.08. The van der Waals surface area contributed by atoms with Crippen LogP contribution in [0.3, 0.4) is 0 Å². The molecule has 1 aromatic rings. The highest BCUT2D eigenvalue weighted by Crippen LogP contribution is 2.40. The number of benzene rings is 1. The monoisotopic (exact) mass is 384 g/mol. The third-order valence-electron chi connectivity index (χ3n) is 4.80. The summed E-state index contributed by atoms with van der Waals surface area (Å²) >= 11 is 6.67. The summed E-state index contributed by atoms with van der Waals surface area (Å²) < 4.78 is 0.592. The van der Waals surface area contributed by atoms with Gasteiger partial charge in [0.1, 0.15) is 4.32 Å². The minimum atomic E-state index is -0.0406. The van der Waals surface area contributed by atoms with Crippen LogP contribution in [0.25, 0.3) is 11.6 Å². The molecule has 0 aromatic heterocycles. The van der Waals surface area contributed by atoms with Crippen LogP contribution >= 0.6 is 24.0 Å². The Morgan fingerprint density at radius 3 is 2.73 bits per heavy atom. The molecular weight excluding hydrogens is 360 g/mol. The number of nitrogens with zero attached hydrogens (tertiary/aromatic N) is 2. The van der Waals surface area contributed by atoms with Crippen LogP contribution in [0.5, 0.6) is 0 Å². The van der Waals surface area contributed by atoms with Crippen molar-refractivity contribution in [1.29, 1.82) is 0 Å². The van der Waals surface area contributed by atoms with Gasteiger partial charge in [0.2, 0.25) is 0 Å². The standard InChI is InChI=1S/C21H24N2OS2/c1-6-10-22-19(24)18(26-20(22)25)12-15-8-9-17-16(11-15)14(3)13-21(4,5)23(17)7-2/h6,8-9,11-13H,1,7,10H2,2-5H3/b18-12-. The second kappa shape index (κ2) is 7.05. The van der Waals surface area contributed by atoms with E-state index in [1.165, 1.54) is 28.6 Å². The third-order valence-corrected chi connectivity index (χ3v) is 6.18. The molecule has 136 valence electrons. The lowest BCUT2D eigenvalue weighted by molar-refractivity contribution is -0.121. The lowest BCUT2D eigenvalue weighted by atomic mass is 9.88. The Morgan fingerprint density at radius 2 is 2.08 bits per heavy atom. The zero-order valence-electron chi connectivity index (χ0n) is 15.7. The fraction of sp³-hybridized carbons (Fsp3) is 0.333. The van der Waals surface area contributed by atoms with E-state index in [2.05, 4.69) is 63.4 Å². The van der Waals surface area contributed by atoms with Gasteiger partial charge in [0.05, 0.1) is 10.4 Å². The van der Waals surface area contributed by atoms with Gasteiger partial charge in [-0.15, -0.1) is 6.58 Å². The Labute approximate surface area is 165 Å². The van der Waals surface area contributed by atoms with Gasteiger partial charge in [-0.05, 0) is 57.0 Å². The van der Waals surface area contributed by atoms with E-state index < -0.39 is 0 Å². The van der Waals surface area contributed by atoms with E-state index in [1.807, 2.05) is 6.08 Å². The van der Waals surface area contributed by atoms with E-state index in [1.54, 1.807) is 11.0 Å². The van der Waals surface area contributed by atoms with E-state index in [0.717, 1.165) is 12.1 Å². The second-order valence-corrected chi connectivity index (χ2v) is 8.76. The molecule has 5 heteroatoms. The predicted octanol–water partition coefficient (Wildman–Crippen LogP) is 5.10. The van der Waals surface area contributed by atoms with Crippen molar-refractivity contribution < 1.29 is 4.79 Å². The molecule has 0 atom stereocenters. The minimum absolute atomic E-state index is 0.000458. The molecular formula is C21H24N2OS2. The number of rotatable bonds is 4. The first-order valence-corrected chi connectivity index (χ1v) is 9.98. The van der Waals surface area contributed by atoms with Gasteiger partial charge < -0.3 is 4.90 Å². The Bertz CT molecular complexity index is 852. The van der Waals surface area contributed by atoms with Gasteiger partial charge in [0, 0.05) is 24.3 Å². The molecule has 0 bridgehead atoms.